The lowest BCUT2D eigenvalue weighted by molar-refractivity contribution is -0.124. The molecule has 0 radical (unpaired) electrons. The van der Waals surface area contributed by atoms with Crippen molar-refractivity contribution in [3.63, 3.8) is 0 Å². The summed E-state index contributed by atoms with van der Waals surface area (Å²) in [6.07, 6.45) is 1.76. The summed E-state index contributed by atoms with van der Waals surface area (Å²) in [7, 11) is 1.69. The van der Waals surface area contributed by atoms with Gasteiger partial charge in [0, 0.05) is 41.7 Å². The maximum absolute atomic E-state index is 14.0. The normalized spacial score (nSPS) is 23.4. The summed E-state index contributed by atoms with van der Waals surface area (Å²) >= 11 is 0. The molecule has 6 nitrogen and oxygen atoms in total. The number of para-hydroxylation sites is 1. The number of likely N-dealkylation sites (N-methyl/N-ethyl adjacent to an activating group) is 1. The van der Waals surface area contributed by atoms with Crippen LogP contribution < -0.4 is 15.5 Å². The first kappa shape index (κ1) is 22.0. The highest BCUT2D eigenvalue weighted by Gasteiger charge is 2.62. The van der Waals surface area contributed by atoms with Crippen molar-refractivity contribution in [2.24, 2.45) is 11.1 Å². The van der Waals surface area contributed by atoms with Crippen LogP contribution in [0.15, 0.2) is 71.2 Å². The van der Waals surface area contributed by atoms with Crippen LogP contribution in [0, 0.1) is 16.7 Å². The van der Waals surface area contributed by atoms with Gasteiger partial charge >= 0.3 is 0 Å². The number of Topliss-reactive ketones (excluding diaryl/α,β-unsaturated/α-hetero) is 1. The summed E-state index contributed by atoms with van der Waals surface area (Å²) in [5.74, 6) is -0.218. The van der Waals surface area contributed by atoms with Gasteiger partial charge in [-0.2, -0.15) is 5.26 Å². The summed E-state index contributed by atoms with van der Waals surface area (Å²) in [6.45, 7) is 6.19. The zero-order chi connectivity index (χ0) is 24.4. The average Bonchev–Trinajstić information content (AvgIpc) is 3.02. The van der Waals surface area contributed by atoms with E-state index < -0.39 is 5.41 Å². The van der Waals surface area contributed by atoms with Gasteiger partial charge in [0.1, 0.15) is 17.3 Å². The molecule has 172 valence electrons. The van der Waals surface area contributed by atoms with E-state index in [9.17, 15) is 14.9 Å². The third-order valence-electron chi connectivity index (χ3n) is 7.38. The smallest absolute Gasteiger partial charge is 0.247 e. The van der Waals surface area contributed by atoms with Crippen LogP contribution in [-0.2, 0) is 21.4 Å². The van der Waals surface area contributed by atoms with Crippen molar-refractivity contribution in [1.82, 2.24) is 0 Å². The van der Waals surface area contributed by atoms with Crippen LogP contribution in [0.2, 0.25) is 0 Å². The Morgan fingerprint density at radius 3 is 2.38 bits per heavy atom. The summed E-state index contributed by atoms with van der Waals surface area (Å²) in [5.41, 5.74) is 9.43. The second kappa shape index (κ2) is 7.33. The molecule has 2 aromatic rings. The topological polar surface area (TPSA) is 90.4 Å². The second-order valence-corrected chi connectivity index (χ2v) is 10.1. The number of fused-ring (bicyclic) bond motifs is 3. The van der Waals surface area contributed by atoms with Crippen LogP contribution in [0.1, 0.15) is 44.7 Å². The van der Waals surface area contributed by atoms with Crippen molar-refractivity contribution in [3.05, 3.63) is 82.3 Å². The molecule has 1 spiro atoms. The molecular weight excluding hydrogens is 424 g/mol. The molecule has 2 aromatic carbocycles. The van der Waals surface area contributed by atoms with Gasteiger partial charge in [-0.05, 0) is 42.0 Å². The number of carbonyl (C=O) groups is 2. The van der Waals surface area contributed by atoms with Gasteiger partial charge in [-0.1, -0.05) is 51.1 Å². The summed E-state index contributed by atoms with van der Waals surface area (Å²) in [4.78, 5) is 31.3. The fourth-order valence-electron chi connectivity index (χ4n) is 5.84. The molecule has 3 aliphatic rings. The molecule has 0 aromatic heterocycles. The Morgan fingerprint density at radius 1 is 1.06 bits per heavy atom. The number of hydrogen-bond donors (Lipinski definition) is 1. The Kier molecular flexibility index (Phi) is 4.73. The summed E-state index contributed by atoms with van der Waals surface area (Å²) < 4.78 is 0. The molecule has 0 bridgehead atoms. The monoisotopic (exact) mass is 452 g/mol. The van der Waals surface area contributed by atoms with Crippen molar-refractivity contribution in [1.29, 1.82) is 5.26 Å². The molecular formula is C28H28N4O2. The van der Waals surface area contributed by atoms with E-state index in [2.05, 4.69) is 26.8 Å². The SMILES string of the molecule is CCc1ccc(N2C(N)=C(C#N)C3(C(=O)N(C)c4ccccc43)C3=C2CC(C)(C)CC3=O)cc1. The van der Waals surface area contributed by atoms with Gasteiger partial charge in [0.05, 0.1) is 5.57 Å². The fourth-order valence-corrected chi connectivity index (χ4v) is 5.84. The predicted octanol–water partition coefficient (Wildman–Crippen LogP) is 4.32. The highest BCUT2D eigenvalue weighted by molar-refractivity contribution is 6.20. The van der Waals surface area contributed by atoms with Gasteiger partial charge in [-0.25, -0.2) is 0 Å². The molecule has 2 aliphatic heterocycles. The molecule has 1 amide bonds. The number of carbonyl (C=O) groups excluding carboxylic acids is 2. The molecule has 34 heavy (non-hydrogen) atoms. The van der Waals surface area contributed by atoms with E-state index in [1.165, 1.54) is 5.56 Å². The number of hydrogen-bond acceptors (Lipinski definition) is 5. The van der Waals surface area contributed by atoms with Gasteiger partial charge < -0.3 is 10.6 Å². The molecule has 2 N–H and O–H groups in total. The van der Waals surface area contributed by atoms with Gasteiger partial charge in [0.15, 0.2) is 5.78 Å². The van der Waals surface area contributed by atoms with Gasteiger partial charge in [0.2, 0.25) is 5.91 Å². The third-order valence-corrected chi connectivity index (χ3v) is 7.38. The third kappa shape index (κ3) is 2.73. The molecule has 1 unspecified atom stereocenters. The van der Waals surface area contributed by atoms with Crippen molar-refractivity contribution in [3.8, 4) is 6.07 Å². The van der Waals surface area contributed by atoms with Gasteiger partial charge in [-0.15, -0.1) is 0 Å². The molecule has 5 rings (SSSR count). The van der Waals surface area contributed by atoms with E-state index in [0.717, 1.165) is 12.1 Å². The lowest BCUT2D eigenvalue weighted by Crippen LogP contribution is -2.53. The number of allylic oxidation sites excluding steroid dienone is 1. The van der Waals surface area contributed by atoms with E-state index in [4.69, 9.17) is 5.73 Å². The molecule has 1 aliphatic carbocycles. The first-order valence-electron chi connectivity index (χ1n) is 11.6. The molecule has 1 atom stereocenters. The maximum Gasteiger partial charge on any atom is 0.247 e. The minimum Gasteiger partial charge on any atom is -0.384 e. The van der Waals surface area contributed by atoms with Crippen LogP contribution in [0.5, 0.6) is 0 Å². The van der Waals surface area contributed by atoms with Crippen LogP contribution >= 0.6 is 0 Å². The number of benzene rings is 2. The zero-order valence-electron chi connectivity index (χ0n) is 20.0. The maximum atomic E-state index is 14.0. The first-order valence-corrected chi connectivity index (χ1v) is 11.6. The van der Waals surface area contributed by atoms with Crippen LogP contribution in [0.3, 0.4) is 0 Å². The Morgan fingerprint density at radius 2 is 1.74 bits per heavy atom. The molecule has 0 saturated heterocycles. The Hall–Kier alpha value is -3.85. The highest BCUT2D eigenvalue weighted by Crippen LogP contribution is 2.58. The number of nitrogens with two attached hydrogens (primary N) is 1. The average molecular weight is 453 g/mol. The number of nitriles is 1. The van der Waals surface area contributed by atoms with E-state index in [-0.39, 0.29) is 28.5 Å². The number of nitrogens with zero attached hydrogens (tertiary/aromatic N) is 3. The first-order chi connectivity index (χ1) is 16.2. The number of anilines is 2. The summed E-state index contributed by atoms with van der Waals surface area (Å²) in [5, 5.41) is 10.4. The van der Waals surface area contributed by atoms with Crippen molar-refractivity contribution in [2.75, 3.05) is 16.8 Å². The van der Waals surface area contributed by atoms with E-state index in [1.54, 1.807) is 11.9 Å². The van der Waals surface area contributed by atoms with Crippen molar-refractivity contribution >= 4 is 23.1 Å². The summed E-state index contributed by atoms with van der Waals surface area (Å²) in [6, 6.07) is 17.6. The fraction of sp³-hybridized carbons (Fsp3) is 0.321. The number of amides is 1. The molecule has 6 heteroatoms. The van der Waals surface area contributed by atoms with Crippen LogP contribution in [0.25, 0.3) is 0 Å². The van der Waals surface area contributed by atoms with Crippen molar-refractivity contribution in [2.45, 2.75) is 45.4 Å². The van der Waals surface area contributed by atoms with Crippen LogP contribution in [-0.4, -0.2) is 18.7 Å². The Bertz CT molecular complexity index is 1340. The van der Waals surface area contributed by atoms with E-state index >= 15 is 0 Å². The minimum atomic E-state index is -1.52. The lowest BCUT2D eigenvalue weighted by atomic mass is 9.60. The number of aryl methyl sites for hydroxylation is 1. The molecule has 0 fully saturated rings. The minimum absolute atomic E-state index is 0.111. The lowest BCUT2D eigenvalue weighted by Gasteiger charge is -2.47. The van der Waals surface area contributed by atoms with Crippen LogP contribution in [0.4, 0.5) is 11.4 Å². The predicted molar refractivity (Wildman–Crippen MR) is 132 cm³/mol. The van der Waals surface area contributed by atoms with Gasteiger partial charge in [0.25, 0.3) is 0 Å². The largest absolute Gasteiger partial charge is 0.384 e. The second-order valence-electron chi connectivity index (χ2n) is 10.1. The Labute approximate surface area is 200 Å². The quantitative estimate of drug-likeness (QED) is 0.733. The van der Waals surface area contributed by atoms with Gasteiger partial charge in [-0.3, -0.25) is 14.5 Å². The van der Waals surface area contributed by atoms with E-state index in [0.29, 0.717) is 35.4 Å². The zero-order valence-corrected chi connectivity index (χ0v) is 20.0. The van der Waals surface area contributed by atoms with E-state index in [1.807, 2.05) is 53.4 Å². The Balaban J connectivity index is 1.88. The number of rotatable bonds is 2. The standard InChI is InChI=1S/C28H28N4O2/c1-5-17-10-12-18(13-11-17)32-22-14-27(2,3)15-23(33)24(22)28(20(16-29)25(32)30)19-8-6-7-9-21(19)31(4)26(28)34/h6-13H,5,14-15,30H2,1-4H3. The number of ketones is 1. The molecule has 2 heterocycles. The highest BCUT2D eigenvalue weighted by atomic mass is 16.2. The van der Waals surface area contributed by atoms with Crippen molar-refractivity contribution < 1.29 is 9.59 Å². The molecule has 0 saturated carbocycles.